The summed E-state index contributed by atoms with van der Waals surface area (Å²) >= 11 is 0. The van der Waals surface area contributed by atoms with E-state index in [1.165, 1.54) is 36.2 Å². The summed E-state index contributed by atoms with van der Waals surface area (Å²) in [5.74, 6) is 0.0233. The van der Waals surface area contributed by atoms with Crippen LogP contribution in [-0.2, 0) is 41.7 Å². The number of carbonyl (C=O) groups is 1. The predicted molar refractivity (Wildman–Crippen MR) is 211 cm³/mol. The number of hydrogen-bond acceptors (Lipinski definition) is 10. The van der Waals surface area contributed by atoms with Crippen LogP contribution in [-0.4, -0.2) is 65.0 Å². The van der Waals surface area contributed by atoms with Crippen LogP contribution in [0.5, 0.6) is 5.75 Å². The van der Waals surface area contributed by atoms with Crippen molar-refractivity contribution in [3.8, 4) is 5.75 Å². The van der Waals surface area contributed by atoms with Crippen LogP contribution in [0.4, 0.5) is 5.69 Å². The van der Waals surface area contributed by atoms with Gasteiger partial charge in [0, 0.05) is 30.4 Å². The van der Waals surface area contributed by atoms with E-state index in [1.807, 2.05) is 84.9 Å². The molecule has 1 unspecified atom stereocenters. The van der Waals surface area contributed by atoms with E-state index in [4.69, 9.17) is 18.5 Å². The highest BCUT2D eigenvalue weighted by Crippen LogP contribution is 2.49. The number of nitro benzene ring substituents is 1. The van der Waals surface area contributed by atoms with E-state index in [0.717, 1.165) is 21.3 Å². The van der Waals surface area contributed by atoms with Crippen molar-refractivity contribution >= 4 is 19.2 Å². The van der Waals surface area contributed by atoms with E-state index in [2.05, 4.69) is 11.6 Å². The molecular weight excluding hydrogens is 739 g/mol. The fourth-order valence-corrected chi connectivity index (χ4v) is 7.72. The first-order valence-electron chi connectivity index (χ1n) is 17.7. The fourth-order valence-electron chi connectivity index (χ4n) is 6.07. The number of hydrogen-bond donors (Lipinski definition) is 1. The molecule has 56 heavy (non-hydrogen) atoms. The number of nitrogens with one attached hydrogen (secondary N) is 1. The number of aryl methyl sites for hydroxylation is 1. The van der Waals surface area contributed by atoms with Crippen LogP contribution in [0.3, 0.4) is 0 Å². The SMILES string of the molecule is C=CCOP(=O)(CN(CCOC(c1ccccc1)(c1ccccc1)c1ccc(OC)cc1)C(=O)Cn1cc(C)c(=O)[nH]c1=O)OCCc1ccc([N+](=O)[O-])cc1. The normalized spacial score (nSPS) is 12.4. The van der Waals surface area contributed by atoms with Crippen molar-refractivity contribution in [1.29, 1.82) is 0 Å². The van der Waals surface area contributed by atoms with Gasteiger partial charge in [-0.15, -0.1) is 6.58 Å². The number of H-pyrrole nitrogens is 1. The maximum absolute atomic E-state index is 14.4. The highest BCUT2D eigenvalue weighted by atomic mass is 31.2. The lowest BCUT2D eigenvalue weighted by Gasteiger charge is -2.37. The van der Waals surface area contributed by atoms with Gasteiger partial charge in [-0.2, -0.15) is 0 Å². The Bertz CT molecular complexity index is 2220. The number of ether oxygens (including phenoxy) is 2. The molecule has 0 spiro atoms. The fraction of sp³-hybridized carbons (Fsp3) is 0.244. The zero-order chi connectivity index (χ0) is 40.1. The molecule has 4 aromatic carbocycles. The van der Waals surface area contributed by atoms with E-state index in [1.54, 1.807) is 19.2 Å². The molecule has 0 saturated heterocycles. The first-order valence-corrected chi connectivity index (χ1v) is 19.4. The summed E-state index contributed by atoms with van der Waals surface area (Å²) in [5.41, 5.74) is 0.677. The molecule has 0 saturated carbocycles. The minimum absolute atomic E-state index is 0.0710. The highest BCUT2D eigenvalue weighted by molar-refractivity contribution is 7.53. The molecule has 0 bridgehead atoms. The number of benzene rings is 4. The molecule has 1 heterocycles. The first-order chi connectivity index (χ1) is 27.0. The number of aromatic amines is 1. The molecule has 0 fully saturated rings. The lowest BCUT2D eigenvalue weighted by molar-refractivity contribution is -0.384. The number of amides is 1. The zero-order valence-electron chi connectivity index (χ0n) is 31.1. The summed E-state index contributed by atoms with van der Waals surface area (Å²) in [4.78, 5) is 53.0. The molecule has 1 aromatic heterocycles. The Morgan fingerprint density at radius 2 is 1.52 bits per heavy atom. The van der Waals surface area contributed by atoms with Gasteiger partial charge in [0.25, 0.3) is 11.2 Å². The number of carbonyl (C=O) groups excluding carboxylic acids is 1. The van der Waals surface area contributed by atoms with Gasteiger partial charge in [0.1, 0.15) is 24.2 Å². The second-order valence-electron chi connectivity index (χ2n) is 12.7. The van der Waals surface area contributed by atoms with Gasteiger partial charge in [0.2, 0.25) is 5.91 Å². The third-order valence-electron chi connectivity index (χ3n) is 8.94. The average Bonchev–Trinajstić information content (AvgIpc) is 3.21. The van der Waals surface area contributed by atoms with Gasteiger partial charge in [-0.05, 0) is 47.7 Å². The predicted octanol–water partition coefficient (Wildman–Crippen LogP) is 6.21. The van der Waals surface area contributed by atoms with Crippen LogP contribution >= 0.6 is 7.60 Å². The van der Waals surface area contributed by atoms with Gasteiger partial charge in [-0.1, -0.05) is 91.0 Å². The van der Waals surface area contributed by atoms with Crippen molar-refractivity contribution in [2.75, 3.05) is 39.8 Å². The molecule has 1 atom stereocenters. The van der Waals surface area contributed by atoms with Gasteiger partial charge in [0.05, 0.1) is 31.9 Å². The maximum atomic E-state index is 14.4. The van der Waals surface area contributed by atoms with Crippen LogP contribution in [0.15, 0.2) is 138 Å². The average molecular weight is 783 g/mol. The summed E-state index contributed by atoms with van der Waals surface area (Å²) < 4.78 is 39.4. The van der Waals surface area contributed by atoms with Crippen LogP contribution < -0.4 is 16.0 Å². The number of nitrogens with zero attached hydrogens (tertiary/aromatic N) is 3. The topological polar surface area (TPSA) is 172 Å². The maximum Gasteiger partial charge on any atom is 0.350 e. The van der Waals surface area contributed by atoms with E-state index < -0.39 is 48.1 Å². The molecule has 1 amide bonds. The second-order valence-corrected chi connectivity index (χ2v) is 14.7. The van der Waals surface area contributed by atoms with Crippen molar-refractivity contribution in [3.05, 3.63) is 187 Å². The number of non-ortho nitro benzene ring substituents is 1. The summed E-state index contributed by atoms with van der Waals surface area (Å²) in [6, 6.07) is 32.5. The van der Waals surface area contributed by atoms with E-state index in [0.29, 0.717) is 11.3 Å². The summed E-state index contributed by atoms with van der Waals surface area (Å²) in [5, 5.41) is 11.1. The lowest BCUT2D eigenvalue weighted by Crippen LogP contribution is -2.42. The van der Waals surface area contributed by atoms with Gasteiger partial charge in [-0.3, -0.25) is 33.8 Å². The summed E-state index contributed by atoms with van der Waals surface area (Å²) in [6.07, 6.45) is 2.39. The minimum atomic E-state index is -4.10. The number of rotatable bonds is 20. The Kier molecular flexibility index (Phi) is 14.1. The number of nitro groups is 1. The Morgan fingerprint density at radius 1 is 0.911 bits per heavy atom. The van der Waals surface area contributed by atoms with Crippen molar-refractivity contribution < 1.29 is 32.8 Å². The number of aromatic nitrogens is 2. The van der Waals surface area contributed by atoms with E-state index in [9.17, 15) is 29.1 Å². The van der Waals surface area contributed by atoms with Crippen molar-refractivity contribution in [2.45, 2.75) is 25.5 Å². The Morgan fingerprint density at radius 3 is 2.09 bits per heavy atom. The number of methoxy groups -OCH3 is 1. The molecule has 292 valence electrons. The largest absolute Gasteiger partial charge is 0.497 e. The van der Waals surface area contributed by atoms with Crippen molar-refractivity contribution in [3.63, 3.8) is 0 Å². The third kappa shape index (κ3) is 10.2. The quantitative estimate of drug-likeness (QED) is 0.0315. The molecule has 0 aliphatic heterocycles. The van der Waals surface area contributed by atoms with Gasteiger partial charge < -0.3 is 23.4 Å². The van der Waals surface area contributed by atoms with Crippen LogP contribution in [0.25, 0.3) is 0 Å². The molecule has 14 nitrogen and oxygen atoms in total. The molecule has 0 radical (unpaired) electrons. The highest BCUT2D eigenvalue weighted by Gasteiger charge is 2.38. The van der Waals surface area contributed by atoms with Crippen LogP contribution in [0.1, 0.15) is 27.8 Å². The molecule has 5 rings (SSSR count). The standard InChI is InChI=1S/C41H43N4O10P/c1-4-25-54-56(51,55-26-23-32-15-19-36(20-16-32)45(49)50)30-43(38(46)29-44-28-31(2)39(47)42-40(44)48)24-27-53-41(33-11-7-5-8-12-33,34-13-9-6-10-14-34)35-17-21-37(52-3)22-18-35/h4-22,28H,1,23-27,29-30H2,2-3H3,(H,42,47,48). The van der Waals surface area contributed by atoms with Gasteiger partial charge in [-0.25, -0.2) is 4.79 Å². The van der Waals surface area contributed by atoms with E-state index in [-0.39, 0.29) is 44.0 Å². The van der Waals surface area contributed by atoms with Crippen molar-refractivity contribution in [1.82, 2.24) is 14.5 Å². The third-order valence-corrected chi connectivity index (χ3v) is 10.7. The minimum Gasteiger partial charge on any atom is -0.497 e. The molecule has 1 N–H and O–H groups in total. The second kappa shape index (κ2) is 19.1. The van der Waals surface area contributed by atoms with Gasteiger partial charge in [0.15, 0.2) is 0 Å². The van der Waals surface area contributed by atoms with E-state index >= 15 is 0 Å². The van der Waals surface area contributed by atoms with Gasteiger partial charge >= 0.3 is 13.3 Å². The Balaban J connectivity index is 1.48. The monoisotopic (exact) mass is 782 g/mol. The summed E-state index contributed by atoms with van der Waals surface area (Å²) in [7, 11) is -2.51. The smallest absolute Gasteiger partial charge is 0.350 e. The summed E-state index contributed by atoms with van der Waals surface area (Å²) in [6.45, 7) is 4.18. The lowest BCUT2D eigenvalue weighted by atomic mass is 9.80. The molecule has 0 aliphatic rings. The molecular formula is C41H43N4O10P. The van der Waals surface area contributed by atoms with Crippen LogP contribution in [0.2, 0.25) is 0 Å². The first kappa shape index (κ1) is 41.2. The van der Waals surface area contributed by atoms with Crippen molar-refractivity contribution in [2.24, 2.45) is 0 Å². The molecule has 15 heteroatoms. The Hall–Kier alpha value is -5.92. The molecule has 5 aromatic rings. The van der Waals surface area contributed by atoms with Crippen LogP contribution in [0, 0.1) is 17.0 Å². The zero-order valence-corrected chi connectivity index (χ0v) is 32.0. The molecule has 0 aliphatic carbocycles. The Labute approximate surface area is 323 Å².